The number of urea groups is 1. The lowest BCUT2D eigenvalue weighted by atomic mass is 10.0. The number of primary amides is 1. The van der Waals surface area contributed by atoms with Crippen LogP contribution in [-0.2, 0) is 26.0 Å². The number of carbonyl (C=O) groups excluding carboxylic acids is 3. The van der Waals surface area contributed by atoms with Gasteiger partial charge < -0.3 is 10.5 Å². The summed E-state index contributed by atoms with van der Waals surface area (Å²) >= 11 is 0. The number of sulfonamides is 1. The van der Waals surface area contributed by atoms with Crippen molar-refractivity contribution in [3.05, 3.63) is 59.7 Å². The fourth-order valence-electron chi connectivity index (χ4n) is 3.03. The van der Waals surface area contributed by atoms with Crippen molar-refractivity contribution >= 4 is 33.6 Å². The van der Waals surface area contributed by atoms with Gasteiger partial charge in [-0.1, -0.05) is 18.2 Å². The van der Waals surface area contributed by atoms with Crippen LogP contribution < -0.4 is 15.4 Å². The number of amides is 3. The largest absolute Gasteiger partial charge is 0.452 e. The van der Waals surface area contributed by atoms with Crippen molar-refractivity contribution in [1.82, 2.24) is 5.32 Å². The maximum atomic E-state index is 13.1. The molecule has 3 N–H and O–H groups in total. The number of benzene rings is 2. The van der Waals surface area contributed by atoms with E-state index in [1.54, 1.807) is 17.4 Å². The lowest BCUT2D eigenvalue weighted by Gasteiger charge is -2.30. The molecule has 0 saturated carbocycles. The van der Waals surface area contributed by atoms with E-state index in [1.165, 1.54) is 28.6 Å². The van der Waals surface area contributed by atoms with Gasteiger partial charge in [-0.05, 0) is 48.7 Å². The molecule has 0 saturated heterocycles. The van der Waals surface area contributed by atoms with Crippen LogP contribution in [0.25, 0.3) is 0 Å². The van der Waals surface area contributed by atoms with Crippen molar-refractivity contribution in [1.29, 1.82) is 0 Å². The highest BCUT2D eigenvalue weighted by Gasteiger charge is 2.29. The predicted octanol–water partition coefficient (Wildman–Crippen LogP) is 1.18. The Hall–Kier alpha value is -3.40. The van der Waals surface area contributed by atoms with Crippen LogP contribution in [0.3, 0.4) is 0 Å². The molecular formula is C19H19N3O6S. The minimum Gasteiger partial charge on any atom is -0.452 e. The molecule has 1 aliphatic heterocycles. The van der Waals surface area contributed by atoms with E-state index in [9.17, 15) is 22.8 Å². The summed E-state index contributed by atoms with van der Waals surface area (Å²) in [5.74, 6) is -1.70. The fourth-order valence-corrected chi connectivity index (χ4v) is 4.57. The van der Waals surface area contributed by atoms with Crippen LogP contribution in [-0.4, -0.2) is 39.5 Å². The van der Waals surface area contributed by atoms with E-state index >= 15 is 0 Å². The average molecular weight is 417 g/mol. The molecule has 3 amide bonds. The smallest absolute Gasteiger partial charge is 0.338 e. The zero-order valence-electron chi connectivity index (χ0n) is 15.3. The van der Waals surface area contributed by atoms with Crippen molar-refractivity contribution in [2.75, 3.05) is 17.5 Å². The van der Waals surface area contributed by atoms with Crippen LogP contribution in [0.4, 0.5) is 10.5 Å². The second kappa shape index (κ2) is 8.31. The quantitative estimate of drug-likeness (QED) is 0.701. The first kappa shape index (κ1) is 20.3. The molecule has 0 fully saturated rings. The summed E-state index contributed by atoms with van der Waals surface area (Å²) in [6.07, 6.45) is 1.53. The molecular weight excluding hydrogens is 398 g/mol. The van der Waals surface area contributed by atoms with Gasteiger partial charge in [0.15, 0.2) is 6.61 Å². The maximum Gasteiger partial charge on any atom is 0.338 e. The number of imide groups is 1. The first-order chi connectivity index (χ1) is 13.8. The molecule has 1 aliphatic rings. The van der Waals surface area contributed by atoms with Gasteiger partial charge in [0.25, 0.3) is 15.9 Å². The van der Waals surface area contributed by atoms with Crippen molar-refractivity contribution in [2.45, 2.75) is 17.7 Å². The standard InChI is InChI=1S/C19H19N3O6S/c20-19(25)21-17(23)12-28-18(24)14-7-9-15(10-8-14)29(26,27)22-11-3-5-13-4-1-2-6-16(13)22/h1-2,4,6-10H,3,5,11-12H2,(H3,20,21,23,25). The van der Waals surface area contributed by atoms with Crippen LogP contribution >= 0.6 is 0 Å². The zero-order valence-corrected chi connectivity index (χ0v) is 16.1. The number of rotatable bonds is 5. The van der Waals surface area contributed by atoms with E-state index in [4.69, 9.17) is 10.5 Å². The molecule has 0 aliphatic carbocycles. The molecule has 9 nitrogen and oxygen atoms in total. The highest BCUT2D eigenvalue weighted by atomic mass is 32.2. The van der Waals surface area contributed by atoms with Gasteiger partial charge in [0.1, 0.15) is 0 Å². The third-order valence-corrected chi connectivity index (χ3v) is 6.17. The van der Waals surface area contributed by atoms with Crippen LogP contribution in [0, 0.1) is 0 Å². The van der Waals surface area contributed by atoms with Gasteiger partial charge in [-0.25, -0.2) is 18.0 Å². The van der Waals surface area contributed by atoms with Gasteiger partial charge in [-0.3, -0.25) is 14.4 Å². The normalized spacial score (nSPS) is 13.3. The summed E-state index contributed by atoms with van der Waals surface area (Å²) in [5, 5.41) is 1.76. The van der Waals surface area contributed by atoms with E-state index in [0.29, 0.717) is 18.7 Å². The molecule has 152 valence electrons. The Bertz CT molecular complexity index is 1050. The molecule has 29 heavy (non-hydrogen) atoms. The van der Waals surface area contributed by atoms with Gasteiger partial charge in [0.2, 0.25) is 0 Å². The van der Waals surface area contributed by atoms with Crippen molar-refractivity contribution in [2.24, 2.45) is 5.73 Å². The van der Waals surface area contributed by atoms with Crippen molar-refractivity contribution in [3.8, 4) is 0 Å². The summed E-state index contributed by atoms with van der Waals surface area (Å²) in [4.78, 5) is 33.9. The highest BCUT2D eigenvalue weighted by Crippen LogP contribution is 2.31. The molecule has 0 bridgehead atoms. The number of nitrogens with two attached hydrogens (primary N) is 1. The van der Waals surface area contributed by atoms with Crippen molar-refractivity contribution in [3.63, 3.8) is 0 Å². The number of para-hydroxylation sites is 1. The minimum absolute atomic E-state index is 0.0391. The van der Waals surface area contributed by atoms with E-state index in [-0.39, 0.29) is 10.5 Å². The molecule has 1 heterocycles. The Morgan fingerprint density at radius 3 is 2.45 bits per heavy atom. The first-order valence-corrected chi connectivity index (χ1v) is 10.2. The molecule has 3 rings (SSSR count). The third-order valence-electron chi connectivity index (χ3n) is 4.34. The second-order valence-electron chi connectivity index (χ2n) is 6.32. The van der Waals surface area contributed by atoms with Crippen LogP contribution in [0.1, 0.15) is 22.3 Å². The number of hydrogen-bond acceptors (Lipinski definition) is 6. The van der Waals surface area contributed by atoms with Crippen molar-refractivity contribution < 1.29 is 27.5 Å². The number of carbonyl (C=O) groups is 3. The predicted molar refractivity (Wildman–Crippen MR) is 104 cm³/mol. The molecule has 0 atom stereocenters. The van der Waals surface area contributed by atoms with E-state index in [2.05, 4.69) is 0 Å². The van der Waals surface area contributed by atoms with Gasteiger partial charge in [0, 0.05) is 6.54 Å². The van der Waals surface area contributed by atoms with Crippen LogP contribution in [0.5, 0.6) is 0 Å². The number of hydrogen-bond donors (Lipinski definition) is 2. The monoisotopic (exact) mass is 417 g/mol. The Morgan fingerprint density at radius 2 is 1.76 bits per heavy atom. The molecule has 0 aromatic heterocycles. The summed E-state index contributed by atoms with van der Waals surface area (Å²) < 4.78 is 32.3. The number of anilines is 1. The summed E-state index contributed by atoms with van der Waals surface area (Å²) in [6, 6.07) is 11.5. The Balaban J connectivity index is 1.74. The van der Waals surface area contributed by atoms with Gasteiger partial charge >= 0.3 is 12.0 Å². The first-order valence-electron chi connectivity index (χ1n) is 8.76. The molecule has 10 heteroatoms. The number of fused-ring (bicyclic) bond motifs is 1. The number of nitrogens with zero attached hydrogens (tertiary/aromatic N) is 1. The van der Waals surface area contributed by atoms with E-state index < -0.39 is 34.5 Å². The SMILES string of the molecule is NC(=O)NC(=O)COC(=O)c1ccc(S(=O)(=O)N2CCCc3ccccc32)cc1. The third kappa shape index (κ3) is 4.54. The fraction of sp³-hybridized carbons (Fsp3) is 0.211. The van der Waals surface area contributed by atoms with Crippen LogP contribution in [0.15, 0.2) is 53.4 Å². The molecule has 2 aromatic carbocycles. The lowest BCUT2D eigenvalue weighted by molar-refractivity contribution is -0.123. The van der Waals surface area contributed by atoms with Gasteiger partial charge in [0.05, 0.1) is 16.1 Å². The van der Waals surface area contributed by atoms with E-state index in [1.807, 2.05) is 12.1 Å². The van der Waals surface area contributed by atoms with Crippen LogP contribution in [0.2, 0.25) is 0 Å². The topological polar surface area (TPSA) is 136 Å². The zero-order chi connectivity index (χ0) is 21.0. The molecule has 0 spiro atoms. The van der Waals surface area contributed by atoms with Gasteiger partial charge in [-0.2, -0.15) is 0 Å². The summed E-state index contributed by atoms with van der Waals surface area (Å²) in [6.45, 7) is -0.315. The maximum absolute atomic E-state index is 13.1. The second-order valence-corrected chi connectivity index (χ2v) is 8.18. The molecule has 0 radical (unpaired) electrons. The van der Waals surface area contributed by atoms with Gasteiger partial charge in [-0.15, -0.1) is 0 Å². The Kier molecular flexibility index (Phi) is 5.83. The Labute approximate surface area is 167 Å². The average Bonchev–Trinajstić information content (AvgIpc) is 2.71. The highest BCUT2D eigenvalue weighted by molar-refractivity contribution is 7.92. The number of nitrogens with one attached hydrogen (secondary N) is 1. The summed E-state index contributed by atoms with van der Waals surface area (Å²) in [5.41, 5.74) is 6.48. The number of aryl methyl sites for hydroxylation is 1. The molecule has 2 aromatic rings. The number of ether oxygens (including phenoxy) is 1. The Morgan fingerprint density at radius 1 is 1.07 bits per heavy atom. The number of esters is 1. The summed E-state index contributed by atoms with van der Waals surface area (Å²) in [7, 11) is -3.79. The minimum atomic E-state index is -3.79. The lowest BCUT2D eigenvalue weighted by Crippen LogP contribution is -2.37. The van der Waals surface area contributed by atoms with E-state index in [0.717, 1.165) is 12.0 Å². The molecule has 0 unspecified atom stereocenters.